The van der Waals surface area contributed by atoms with Crippen molar-refractivity contribution >= 4 is 17.5 Å². The molecule has 1 aromatic carbocycles. The Bertz CT molecular complexity index is 1070. The molecule has 4 fully saturated rings. The molecule has 6 atom stereocenters. The van der Waals surface area contributed by atoms with Gasteiger partial charge < -0.3 is 14.4 Å². The van der Waals surface area contributed by atoms with E-state index < -0.39 is 52.5 Å². The summed E-state index contributed by atoms with van der Waals surface area (Å²) in [5, 5.41) is 9.09. The van der Waals surface area contributed by atoms with Crippen molar-refractivity contribution in [2.45, 2.75) is 43.4 Å². The maximum Gasteiger partial charge on any atom is 0.417 e. The van der Waals surface area contributed by atoms with Gasteiger partial charge in [0, 0.05) is 32.1 Å². The van der Waals surface area contributed by atoms with Crippen LogP contribution in [-0.4, -0.2) is 54.8 Å². The Labute approximate surface area is 182 Å². The molecule has 4 saturated heterocycles. The zero-order valence-corrected chi connectivity index (χ0v) is 17.8. The summed E-state index contributed by atoms with van der Waals surface area (Å²) in [5.41, 5.74) is -3.39. The largest absolute Gasteiger partial charge is 0.417 e. The summed E-state index contributed by atoms with van der Waals surface area (Å²) >= 11 is 0. The zero-order valence-electron chi connectivity index (χ0n) is 17.8. The van der Waals surface area contributed by atoms with E-state index in [1.165, 1.54) is 15.9 Å². The molecule has 0 N–H and O–H groups in total. The quantitative estimate of drug-likeness (QED) is 0.693. The molecule has 1 aromatic rings. The van der Waals surface area contributed by atoms with Crippen molar-refractivity contribution in [1.29, 1.82) is 5.26 Å². The monoisotopic (exact) mass is 449 g/mol. The Morgan fingerprint density at radius 3 is 2.69 bits per heavy atom. The molecule has 0 aliphatic carbocycles. The molecular weight excluding hydrogens is 427 g/mol. The lowest BCUT2D eigenvalue weighted by molar-refractivity contribution is -0.163. The highest BCUT2D eigenvalue weighted by Gasteiger charge is 2.79. The van der Waals surface area contributed by atoms with Crippen LogP contribution >= 0.6 is 0 Å². The molecule has 170 valence electrons. The standard InChI is InChI=1S/C22H22F3N3O4/c1-20-9-14(17(29)27(2)3)21(32-20)6-7-31-19-16(21)15(20)18(30)28(19)12-5-4-11(10-26)13(8-12)22(23,24)25/h4-5,8,14-16,19H,6-7,9H2,1-3H3/t14-,15+,16-,19-,20+,21-/m0/s1. The van der Waals surface area contributed by atoms with Gasteiger partial charge in [-0.3, -0.25) is 14.5 Å². The number of amides is 2. The first-order valence-corrected chi connectivity index (χ1v) is 10.4. The lowest BCUT2D eigenvalue weighted by atomic mass is 9.61. The minimum Gasteiger partial charge on any atom is -0.367 e. The number of alkyl halides is 3. The van der Waals surface area contributed by atoms with Gasteiger partial charge in [0.2, 0.25) is 11.8 Å². The van der Waals surface area contributed by atoms with Gasteiger partial charge in [-0.25, -0.2) is 0 Å². The predicted octanol–water partition coefficient (Wildman–Crippen LogP) is 2.54. The first-order chi connectivity index (χ1) is 14.9. The third-order valence-electron chi connectivity index (χ3n) is 7.50. The molecule has 32 heavy (non-hydrogen) atoms. The number of carbonyl (C=O) groups is 2. The van der Waals surface area contributed by atoms with Crippen LogP contribution in [0.4, 0.5) is 18.9 Å². The van der Waals surface area contributed by atoms with Crippen LogP contribution in [0, 0.1) is 29.1 Å². The van der Waals surface area contributed by atoms with Crippen LogP contribution in [0.2, 0.25) is 0 Å². The Balaban J connectivity index is 1.60. The summed E-state index contributed by atoms with van der Waals surface area (Å²) in [7, 11) is 3.34. The molecule has 0 unspecified atom stereocenters. The number of hydrogen-bond donors (Lipinski definition) is 0. The topological polar surface area (TPSA) is 82.9 Å². The summed E-state index contributed by atoms with van der Waals surface area (Å²) in [4.78, 5) is 29.3. The van der Waals surface area contributed by atoms with Crippen LogP contribution in [0.15, 0.2) is 18.2 Å². The highest BCUT2D eigenvalue weighted by molar-refractivity contribution is 6.00. The summed E-state index contributed by atoms with van der Waals surface area (Å²) in [6.45, 7) is 2.02. The molecule has 2 bridgehead atoms. The number of halogens is 3. The zero-order chi connectivity index (χ0) is 23.2. The minimum atomic E-state index is -4.74. The average Bonchev–Trinajstić information content (AvgIpc) is 3.30. The number of carbonyl (C=O) groups excluding carboxylic acids is 2. The van der Waals surface area contributed by atoms with Crippen molar-refractivity contribution in [3.05, 3.63) is 29.3 Å². The number of ether oxygens (including phenoxy) is 2. The Hall–Kier alpha value is -2.64. The normalized spacial score (nSPS) is 37.4. The van der Waals surface area contributed by atoms with Gasteiger partial charge in [0.15, 0.2) is 0 Å². The van der Waals surface area contributed by atoms with Gasteiger partial charge in [0.1, 0.15) is 6.23 Å². The first-order valence-electron chi connectivity index (χ1n) is 10.4. The second-order valence-corrected chi connectivity index (χ2v) is 9.42. The van der Waals surface area contributed by atoms with E-state index in [0.717, 1.165) is 12.1 Å². The van der Waals surface area contributed by atoms with Crippen LogP contribution in [0.25, 0.3) is 0 Å². The second kappa shape index (κ2) is 6.45. The van der Waals surface area contributed by atoms with Crippen LogP contribution in [0.5, 0.6) is 0 Å². The van der Waals surface area contributed by atoms with E-state index in [4.69, 9.17) is 14.7 Å². The van der Waals surface area contributed by atoms with E-state index in [1.54, 1.807) is 27.1 Å². The fraction of sp³-hybridized carbons (Fsp3) is 0.591. The van der Waals surface area contributed by atoms with Crippen molar-refractivity contribution in [2.75, 3.05) is 25.6 Å². The van der Waals surface area contributed by atoms with Crippen molar-refractivity contribution in [3.63, 3.8) is 0 Å². The fourth-order valence-electron chi connectivity index (χ4n) is 6.34. The Kier molecular flexibility index (Phi) is 4.28. The highest BCUT2D eigenvalue weighted by atomic mass is 19.4. The lowest BCUT2D eigenvalue weighted by Gasteiger charge is -2.45. The Morgan fingerprint density at radius 2 is 2.06 bits per heavy atom. The van der Waals surface area contributed by atoms with Gasteiger partial charge in [-0.15, -0.1) is 0 Å². The van der Waals surface area contributed by atoms with Gasteiger partial charge in [0.25, 0.3) is 0 Å². The molecule has 5 rings (SSSR count). The lowest BCUT2D eigenvalue weighted by Crippen LogP contribution is -2.57. The molecular formula is C22H22F3N3O4. The number of nitrogens with zero attached hydrogens (tertiary/aromatic N) is 3. The second-order valence-electron chi connectivity index (χ2n) is 9.42. The van der Waals surface area contributed by atoms with E-state index in [9.17, 15) is 22.8 Å². The number of hydrogen-bond acceptors (Lipinski definition) is 5. The maximum atomic E-state index is 13.6. The smallest absolute Gasteiger partial charge is 0.367 e. The van der Waals surface area contributed by atoms with Gasteiger partial charge in [0.05, 0.1) is 46.8 Å². The van der Waals surface area contributed by atoms with Crippen LogP contribution in [0.1, 0.15) is 30.9 Å². The molecule has 4 aliphatic heterocycles. The van der Waals surface area contributed by atoms with Gasteiger partial charge in [-0.2, -0.15) is 18.4 Å². The Morgan fingerprint density at radius 1 is 1.34 bits per heavy atom. The third-order valence-corrected chi connectivity index (χ3v) is 7.50. The number of rotatable bonds is 2. The van der Waals surface area contributed by atoms with E-state index in [0.29, 0.717) is 12.8 Å². The molecule has 4 aliphatic rings. The first kappa shape index (κ1) is 21.2. The number of nitriles is 1. The number of anilines is 1. The minimum absolute atomic E-state index is 0.0243. The van der Waals surface area contributed by atoms with E-state index >= 15 is 0 Å². The molecule has 0 aromatic heterocycles. The highest BCUT2D eigenvalue weighted by Crippen LogP contribution is 2.67. The molecule has 10 heteroatoms. The molecule has 0 radical (unpaired) electrons. The van der Waals surface area contributed by atoms with Crippen molar-refractivity contribution < 1.29 is 32.2 Å². The van der Waals surface area contributed by atoms with Crippen molar-refractivity contribution in [1.82, 2.24) is 4.90 Å². The van der Waals surface area contributed by atoms with Crippen LogP contribution in [-0.2, 0) is 25.2 Å². The van der Waals surface area contributed by atoms with Gasteiger partial charge in [-0.1, -0.05) is 0 Å². The van der Waals surface area contributed by atoms with Crippen LogP contribution in [0.3, 0.4) is 0 Å². The number of fused-ring (bicyclic) bond motifs is 2. The average molecular weight is 449 g/mol. The fourth-order valence-corrected chi connectivity index (χ4v) is 6.34. The van der Waals surface area contributed by atoms with Crippen molar-refractivity contribution in [2.24, 2.45) is 17.8 Å². The molecule has 1 spiro atoms. The van der Waals surface area contributed by atoms with Crippen molar-refractivity contribution in [3.8, 4) is 6.07 Å². The third kappa shape index (κ3) is 2.55. The molecule has 2 amide bonds. The molecule has 4 heterocycles. The summed E-state index contributed by atoms with van der Waals surface area (Å²) in [6.07, 6.45) is -4.77. The predicted molar refractivity (Wildman–Crippen MR) is 104 cm³/mol. The molecule has 0 saturated carbocycles. The summed E-state index contributed by atoms with van der Waals surface area (Å²) in [5.74, 6) is -2.00. The van der Waals surface area contributed by atoms with Gasteiger partial charge in [-0.05, 0) is 31.5 Å². The SMILES string of the molecule is CN(C)C(=O)[C@@H]1C[C@@]2(C)O[C@@]13CCO[C@H]1[C@@H]3[C@@H]2C(=O)N1c1ccc(C#N)c(C(F)(F)F)c1. The van der Waals surface area contributed by atoms with Gasteiger partial charge >= 0.3 is 6.18 Å². The molecule has 7 nitrogen and oxygen atoms in total. The maximum absolute atomic E-state index is 13.6. The summed E-state index contributed by atoms with van der Waals surface area (Å²) < 4.78 is 53.0. The van der Waals surface area contributed by atoms with E-state index in [2.05, 4.69) is 0 Å². The van der Waals surface area contributed by atoms with E-state index in [-0.39, 0.29) is 24.1 Å². The summed E-state index contributed by atoms with van der Waals surface area (Å²) in [6, 6.07) is 4.80. The number of benzene rings is 1. The van der Waals surface area contributed by atoms with E-state index in [1.807, 2.05) is 0 Å². The van der Waals surface area contributed by atoms with Crippen LogP contribution < -0.4 is 4.90 Å².